The first-order valence-electron chi connectivity index (χ1n) is 7.31. The van der Waals surface area contributed by atoms with E-state index in [1.54, 1.807) is 0 Å². The SMILES string of the molecule is COC(=O)CCN(C)CC(=O)NCCC1=CCCCC1. The summed E-state index contributed by atoms with van der Waals surface area (Å²) in [7, 11) is 3.20. The van der Waals surface area contributed by atoms with E-state index in [0.717, 1.165) is 6.42 Å². The van der Waals surface area contributed by atoms with Gasteiger partial charge in [-0.05, 0) is 39.2 Å². The molecule has 0 radical (unpaired) electrons. The van der Waals surface area contributed by atoms with Crippen LogP contribution in [-0.2, 0) is 14.3 Å². The van der Waals surface area contributed by atoms with Crippen LogP contribution in [0.1, 0.15) is 38.5 Å². The molecule has 0 aliphatic heterocycles. The van der Waals surface area contributed by atoms with Crippen LogP contribution in [0.25, 0.3) is 0 Å². The molecule has 1 amide bonds. The summed E-state index contributed by atoms with van der Waals surface area (Å²) < 4.78 is 4.57. The second-order valence-electron chi connectivity index (χ2n) is 5.27. The molecule has 1 rings (SSSR count). The number of esters is 1. The van der Waals surface area contributed by atoms with Gasteiger partial charge in [-0.25, -0.2) is 0 Å². The number of likely N-dealkylation sites (N-methyl/N-ethyl adjacent to an activating group) is 1. The number of carbonyl (C=O) groups is 2. The van der Waals surface area contributed by atoms with Gasteiger partial charge in [-0.2, -0.15) is 0 Å². The number of hydrogen-bond donors (Lipinski definition) is 1. The van der Waals surface area contributed by atoms with Crippen LogP contribution in [0, 0.1) is 0 Å². The molecule has 0 saturated carbocycles. The molecule has 114 valence electrons. The maximum Gasteiger partial charge on any atom is 0.306 e. The summed E-state index contributed by atoms with van der Waals surface area (Å²) in [6, 6.07) is 0. The normalized spacial score (nSPS) is 14.8. The van der Waals surface area contributed by atoms with Crippen LogP contribution in [0.3, 0.4) is 0 Å². The molecular formula is C15H26N2O3. The molecule has 0 spiro atoms. The maximum atomic E-state index is 11.7. The van der Waals surface area contributed by atoms with Gasteiger partial charge in [0.2, 0.25) is 5.91 Å². The number of hydrogen-bond acceptors (Lipinski definition) is 4. The van der Waals surface area contributed by atoms with Gasteiger partial charge in [0.05, 0.1) is 20.1 Å². The largest absolute Gasteiger partial charge is 0.469 e. The number of nitrogens with zero attached hydrogens (tertiary/aromatic N) is 1. The molecule has 0 unspecified atom stereocenters. The zero-order valence-corrected chi connectivity index (χ0v) is 12.6. The van der Waals surface area contributed by atoms with Crippen LogP contribution in [0.5, 0.6) is 0 Å². The van der Waals surface area contributed by atoms with Gasteiger partial charge >= 0.3 is 5.97 Å². The Morgan fingerprint density at radius 1 is 1.40 bits per heavy atom. The van der Waals surface area contributed by atoms with Crippen molar-refractivity contribution in [3.05, 3.63) is 11.6 Å². The average molecular weight is 282 g/mol. The highest BCUT2D eigenvalue weighted by molar-refractivity contribution is 5.78. The molecule has 0 bridgehead atoms. The van der Waals surface area contributed by atoms with Gasteiger partial charge < -0.3 is 10.1 Å². The minimum absolute atomic E-state index is 0.00813. The molecule has 0 aromatic rings. The first-order chi connectivity index (χ1) is 9.61. The van der Waals surface area contributed by atoms with Crippen molar-refractivity contribution in [2.24, 2.45) is 0 Å². The van der Waals surface area contributed by atoms with Crippen molar-refractivity contribution in [2.45, 2.75) is 38.5 Å². The van der Waals surface area contributed by atoms with Crippen molar-refractivity contribution in [3.63, 3.8) is 0 Å². The molecular weight excluding hydrogens is 256 g/mol. The zero-order chi connectivity index (χ0) is 14.8. The van der Waals surface area contributed by atoms with E-state index in [4.69, 9.17) is 0 Å². The van der Waals surface area contributed by atoms with E-state index in [-0.39, 0.29) is 11.9 Å². The zero-order valence-electron chi connectivity index (χ0n) is 12.6. The molecule has 0 heterocycles. The minimum Gasteiger partial charge on any atom is -0.469 e. The predicted octanol–water partition coefficient (Wildman–Crippen LogP) is 1.49. The Morgan fingerprint density at radius 2 is 2.20 bits per heavy atom. The van der Waals surface area contributed by atoms with E-state index < -0.39 is 0 Å². The second kappa shape index (κ2) is 9.53. The third-order valence-electron chi connectivity index (χ3n) is 3.49. The Labute approximate surface area is 121 Å². The van der Waals surface area contributed by atoms with Gasteiger partial charge in [0.1, 0.15) is 0 Å². The number of methoxy groups -OCH3 is 1. The summed E-state index contributed by atoms with van der Waals surface area (Å²) in [6.07, 6.45) is 8.49. The maximum absolute atomic E-state index is 11.7. The van der Waals surface area contributed by atoms with E-state index in [0.29, 0.717) is 26.1 Å². The summed E-state index contributed by atoms with van der Waals surface area (Å²) in [5.41, 5.74) is 1.47. The van der Waals surface area contributed by atoms with E-state index in [1.165, 1.54) is 38.4 Å². The summed E-state index contributed by atoms with van der Waals surface area (Å²) in [6.45, 7) is 1.55. The van der Waals surface area contributed by atoms with Crippen LogP contribution < -0.4 is 5.32 Å². The van der Waals surface area contributed by atoms with E-state index >= 15 is 0 Å². The number of amides is 1. The highest BCUT2D eigenvalue weighted by Gasteiger charge is 2.09. The predicted molar refractivity (Wildman–Crippen MR) is 78.3 cm³/mol. The molecule has 0 aromatic heterocycles. The lowest BCUT2D eigenvalue weighted by Crippen LogP contribution is -2.36. The molecule has 0 atom stereocenters. The molecule has 1 aliphatic carbocycles. The van der Waals surface area contributed by atoms with Crippen molar-refractivity contribution in [2.75, 3.05) is 33.8 Å². The van der Waals surface area contributed by atoms with Crippen LogP contribution in [0.15, 0.2) is 11.6 Å². The van der Waals surface area contributed by atoms with Crippen LogP contribution in [0.2, 0.25) is 0 Å². The quantitative estimate of drug-likeness (QED) is 0.541. The fourth-order valence-electron chi connectivity index (χ4n) is 2.26. The minimum atomic E-state index is -0.249. The van der Waals surface area contributed by atoms with E-state index in [1.807, 2.05) is 11.9 Å². The highest BCUT2D eigenvalue weighted by atomic mass is 16.5. The van der Waals surface area contributed by atoms with Crippen LogP contribution in [-0.4, -0.2) is 50.6 Å². The molecule has 20 heavy (non-hydrogen) atoms. The Kier molecular flexibility index (Phi) is 7.95. The highest BCUT2D eigenvalue weighted by Crippen LogP contribution is 2.19. The average Bonchev–Trinajstić information content (AvgIpc) is 2.45. The van der Waals surface area contributed by atoms with Gasteiger partial charge in [-0.15, -0.1) is 0 Å². The van der Waals surface area contributed by atoms with Crippen molar-refractivity contribution >= 4 is 11.9 Å². The standard InChI is InChI=1S/C15H26N2O3/c1-17(11-9-15(19)20-2)12-14(18)16-10-8-13-6-4-3-5-7-13/h6H,3-5,7-12H2,1-2H3,(H,16,18). The van der Waals surface area contributed by atoms with Gasteiger partial charge in [0, 0.05) is 13.1 Å². The molecule has 5 heteroatoms. The Morgan fingerprint density at radius 3 is 2.85 bits per heavy atom. The van der Waals surface area contributed by atoms with Crippen LogP contribution in [0.4, 0.5) is 0 Å². The van der Waals surface area contributed by atoms with Crippen molar-refractivity contribution in [1.29, 1.82) is 0 Å². The Hall–Kier alpha value is -1.36. The summed E-state index contributed by atoms with van der Waals surface area (Å²) in [5.74, 6) is -0.240. The van der Waals surface area contributed by atoms with Crippen molar-refractivity contribution in [1.82, 2.24) is 10.2 Å². The monoisotopic (exact) mass is 282 g/mol. The lowest BCUT2D eigenvalue weighted by atomic mass is 9.97. The topological polar surface area (TPSA) is 58.6 Å². The number of nitrogens with one attached hydrogen (secondary N) is 1. The smallest absolute Gasteiger partial charge is 0.306 e. The molecule has 1 N–H and O–H groups in total. The summed E-state index contributed by atoms with van der Waals surface area (Å²) in [5, 5.41) is 2.92. The molecule has 5 nitrogen and oxygen atoms in total. The Bertz CT molecular complexity index is 353. The lowest BCUT2D eigenvalue weighted by Gasteiger charge is -2.16. The molecule has 1 aliphatic rings. The van der Waals surface area contributed by atoms with E-state index in [9.17, 15) is 9.59 Å². The summed E-state index contributed by atoms with van der Waals surface area (Å²) in [4.78, 5) is 24.5. The third kappa shape index (κ3) is 7.28. The fraction of sp³-hybridized carbons (Fsp3) is 0.733. The van der Waals surface area contributed by atoms with Gasteiger partial charge in [-0.3, -0.25) is 14.5 Å². The Balaban J connectivity index is 2.10. The fourth-order valence-corrected chi connectivity index (χ4v) is 2.26. The number of allylic oxidation sites excluding steroid dienone is 1. The summed E-state index contributed by atoms with van der Waals surface area (Å²) >= 11 is 0. The first kappa shape index (κ1) is 16.7. The number of rotatable bonds is 8. The number of carbonyl (C=O) groups excluding carboxylic acids is 2. The first-order valence-corrected chi connectivity index (χ1v) is 7.31. The van der Waals surface area contributed by atoms with Gasteiger partial charge in [0.25, 0.3) is 0 Å². The molecule has 0 fully saturated rings. The van der Waals surface area contributed by atoms with Crippen LogP contribution >= 0.6 is 0 Å². The van der Waals surface area contributed by atoms with Crippen molar-refractivity contribution in [3.8, 4) is 0 Å². The molecule has 0 saturated heterocycles. The second-order valence-corrected chi connectivity index (χ2v) is 5.27. The van der Waals surface area contributed by atoms with Crippen molar-refractivity contribution < 1.29 is 14.3 Å². The van der Waals surface area contributed by atoms with E-state index in [2.05, 4.69) is 16.1 Å². The number of ether oxygens (including phenoxy) is 1. The molecule has 0 aromatic carbocycles. The third-order valence-corrected chi connectivity index (χ3v) is 3.49. The lowest BCUT2D eigenvalue weighted by molar-refractivity contribution is -0.141. The van der Waals surface area contributed by atoms with Gasteiger partial charge in [-0.1, -0.05) is 11.6 Å². The van der Waals surface area contributed by atoms with Gasteiger partial charge in [0.15, 0.2) is 0 Å².